The third-order valence-electron chi connectivity index (χ3n) is 4.48. The first-order valence-corrected chi connectivity index (χ1v) is 10.2. The van der Waals surface area contributed by atoms with Crippen LogP contribution in [-0.2, 0) is 17.9 Å². The van der Waals surface area contributed by atoms with Gasteiger partial charge in [0.05, 0.1) is 12.8 Å². The molecule has 1 aromatic carbocycles. The van der Waals surface area contributed by atoms with E-state index in [1.165, 1.54) is 0 Å². The van der Waals surface area contributed by atoms with Crippen molar-refractivity contribution in [3.05, 3.63) is 47.9 Å². The van der Waals surface area contributed by atoms with Crippen molar-refractivity contribution in [2.45, 2.75) is 47.2 Å². The molecule has 0 aliphatic heterocycles. The van der Waals surface area contributed by atoms with E-state index in [0.717, 1.165) is 17.0 Å². The Morgan fingerprint density at radius 1 is 1.10 bits per heavy atom. The zero-order chi connectivity index (χ0) is 22.3. The number of nitrogens with zero attached hydrogens (tertiary/aromatic N) is 2. The summed E-state index contributed by atoms with van der Waals surface area (Å²) in [5, 5.41) is 5.57. The lowest BCUT2D eigenvalue weighted by Gasteiger charge is -2.28. The van der Waals surface area contributed by atoms with Crippen molar-refractivity contribution >= 4 is 23.3 Å². The van der Waals surface area contributed by atoms with Crippen LogP contribution in [0, 0.1) is 5.41 Å². The van der Waals surface area contributed by atoms with Gasteiger partial charge in [0, 0.05) is 45.0 Å². The van der Waals surface area contributed by atoms with Crippen LogP contribution in [0.1, 0.15) is 45.4 Å². The summed E-state index contributed by atoms with van der Waals surface area (Å²) in [7, 11) is 3.92. The number of hydrogen-bond acceptors (Lipinski definition) is 4. The molecule has 0 saturated carbocycles. The molecule has 2 aromatic rings. The van der Waals surface area contributed by atoms with Gasteiger partial charge in [0.1, 0.15) is 5.76 Å². The highest BCUT2D eigenvalue weighted by molar-refractivity contribution is 5.89. The van der Waals surface area contributed by atoms with Crippen LogP contribution in [0.25, 0.3) is 0 Å². The first-order chi connectivity index (χ1) is 14.1. The SMILES string of the molecule is CCNC(=O)Nc1ccc(N(C)C)c(CN(Cc2ccco2)C(=O)CC(C)(C)C)c1. The molecule has 2 N–H and O–H groups in total. The van der Waals surface area contributed by atoms with Gasteiger partial charge in [0.2, 0.25) is 5.91 Å². The topological polar surface area (TPSA) is 77.8 Å². The summed E-state index contributed by atoms with van der Waals surface area (Å²) in [6.45, 7) is 9.38. The molecule has 30 heavy (non-hydrogen) atoms. The Labute approximate surface area is 179 Å². The summed E-state index contributed by atoms with van der Waals surface area (Å²) in [5.41, 5.74) is 2.50. The highest BCUT2D eigenvalue weighted by atomic mass is 16.3. The standard InChI is InChI=1S/C23H34N4O3/c1-7-24-22(29)25-18-10-11-20(26(5)6)17(13-18)15-27(16-19-9-8-12-30-19)21(28)14-23(2,3)4/h8-13H,7,14-16H2,1-6H3,(H2,24,25,29). The normalized spacial score (nSPS) is 11.1. The molecule has 0 bridgehead atoms. The number of hydrogen-bond donors (Lipinski definition) is 2. The Balaban J connectivity index is 2.33. The monoisotopic (exact) mass is 414 g/mol. The fraction of sp³-hybridized carbons (Fsp3) is 0.478. The number of carbonyl (C=O) groups is 2. The van der Waals surface area contributed by atoms with Gasteiger partial charge >= 0.3 is 6.03 Å². The zero-order valence-electron chi connectivity index (χ0n) is 18.9. The molecule has 7 nitrogen and oxygen atoms in total. The lowest BCUT2D eigenvalue weighted by Crippen LogP contribution is -2.33. The molecule has 3 amide bonds. The van der Waals surface area contributed by atoms with E-state index in [1.54, 1.807) is 6.26 Å². The summed E-state index contributed by atoms with van der Waals surface area (Å²) in [5.74, 6) is 0.797. The number of rotatable bonds is 8. The Bertz CT molecular complexity index is 839. The minimum atomic E-state index is -0.252. The number of benzene rings is 1. The van der Waals surface area contributed by atoms with Crippen LogP contribution in [0.2, 0.25) is 0 Å². The quantitative estimate of drug-likeness (QED) is 0.669. The maximum Gasteiger partial charge on any atom is 0.319 e. The van der Waals surface area contributed by atoms with Crippen molar-refractivity contribution < 1.29 is 14.0 Å². The Hall–Kier alpha value is -2.96. The maximum absolute atomic E-state index is 13.1. The summed E-state index contributed by atoms with van der Waals surface area (Å²) in [6.07, 6.45) is 2.05. The number of furan rings is 1. The minimum absolute atomic E-state index is 0.0608. The summed E-state index contributed by atoms with van der Waals surface area (Å²) < 4.78 is 5.49. The molecule has 0 spiro atoms. The van der Waals surface area contributed by atoms with E-state index < -0.39 is 0 Å². The number of carbonyl (C=O) groups excluding carboxylic acids is 2. The number of nitrogens with one attached hydrogen (secondary N) is 2. The van der Waals surface area contributed by atoms with E-state index in [-0.39, 0.29) is 17.4 Å². The third kappa shape index (κ3) is 7.13. The van der Waals surface area contributed by atoms with Crippen LogP contribution in [0.4, 0.5) is 16.2 Å². The second-order valence-electron chi connectivity index (χ2n) is 8.79. The zero-order valence-corrected chi connectivity index (χ0v) is 18.9. The number of amides is 3. The summed E-state index contributed by atoms with van der Waals surface area (Å²) in [4.78, 5) is 28.9. The second kappa shape index (κ2) is 10.2. The van der Waals surface area contributed by atoms with E-state index in [1.807, 2.05) is 61.2 Å². The molecule has 0 aliphatic rings. The second-order valence-corrected chi connectivity index (χ2v) is 8.79. The fourth-order valence-corrected chi connectivity index (χ4v) is 3.16. The van der Waals surface area contributed by atoms with Gasteiger partial charge in [-0.1, -0.05) is 20.8 Å². The van der Waals surface area contributed by atoms with Crippen molar-refractivity contribution in [3.63, 3.8) is 0 Å². The van der Waals surface area contributed by atoms with Gasteiger partial charge < -0.3 is 24.9 Å². The van der Waals surface area contributed by atoms with Crippen molar-refractivity contribution in [1.29, 1.82) is 0 Å². The van der Waals surface area contributed by atoms with E-state index in [2.05, 4.69) is 31.4 Å². The first-order valence-electron chi connectivity index (χ1n) is 10.2. The van der Waals surface area contributed by atoms with Gasteiger partial charge in [-0.25, -0.2) is 4.79 Å². The molecule has 7 heteroatoms. The van der Waals surface area contributed by atoms with Crippen molar-refractivity contribution in [2.24, 2.45) is 5.41 Å². The minimum Gasteiger partial charge on any atom is -0.467 e. The molecule has 0 unspecified atom stereocenters. The smallest absolute Gasteiger partial charge is 0.319 e. The number of urea groups is 1. The van der Waals surface area contributed by atoms with Gasteiger partial charge in [-0.2, -0.15) is 0 Å². The average molecular weight is 415 g/mol. The lowest BCUT2D eigenvalue weighted by atomic mass is 9.91. The lowest BCUT2D eigenvalue weighted by molar-refractivity contribution is -0.134. The molecule has 0 radical (unpaired) electrons. The van der Waals surface area contributed by atoms with Crippen molar-refractivity contribution in [2.75, 3.05) is 30.9 Å². The molecule has 0 saturated heterocycles. The summed E-state index contributed by atoms with van der Waals surface area (Å²) in [6, 6.07) is 9.18. The van der Waals surface area contributed by atoms with Crippen LogP contribution in [-0.4, -0.2) is 37.5 Å². The van der Waals surface area contributed by atoms with Crippen LogP contribution in [0.5, 0.6) is 0 Å². The predicted molar refractivity (Wildman–Crippen MR) is 120 cm³/mol. The Kier molecular flexibility index (Phi) is 7.92. The molecule has 1 heterocycles. The fourth-order valence-electron chi connectivity index (χ4n) is 3.16. The van der Waals surface area contributed by atoms with Crippen molar-refractivity contribution in [1.82, 2.24) is 10.2 Å². The average Bonchev–Trinajstić information content (AvgIpc) is 3.13. The molecule has 0 aliphatic carbocycles. The molecule has 1 aromatic heterocycles. The molecular formula is C23H34N4O3. The highest BCUT2D eigenvalue weighted by Gasteiger charge is 2.23. The molecule has 0 fully saturated rings. The molecular weight excluding hydrogens is 380 g/mol. The van der Waals surface area contributed by atoms with E-state index in [9.17, 15) is 9.59 Å². The largest absolute Gasteiger partial charge is 0.467 e. The van der Waals surface area contributed by atoms with Gasteiger partial charge in [0.15, 0.2) is 0 Å². The van der Waals surface area contributed by atoms with Crippen LogP contribution < -0.4 is 15.5 Å². The molecule has 0 atom stereocenters. The van der Waals surface area contributed by atoms with E-state index in [4.69, 9.17) is 4.42 Å². The highest BCUT2D eigenvalue weighted by Crippen LogP contribution is 2.27. The predicted octanol–water partition coefficient (Wildman–Crippen LogP) is 4.45. The first kappa shape index (κ1) is 23.3. The van der Waals surface area contributed by atoms with Crippen LogP contribution >= 0.6 is 0 Å². The van der Waals surface area contributed by atoms with Gasteiger partial charge in [0.25, 0.3) is 0 Å². The van der Waals surface area contributed by atoms with Crippen molar-refractivity contribution in [3.8, 4) is 0 Å². The van der Waals surface area contributed by atoms with Gasteiger partial charge in [-0.05, 0) is 48.2 Å². The van der Waals surface area contributed by atoms with Gasteiger partial charge in [-0.3, -0.25) is 4.79 Å². The van der Waals surface area contributed by atoms with Gasteiger partial charge in [-0.15, -0.1) is 0 Å². The molecule has 164 valence electrons. The summed E-state index contributed by atoms with van der Waals surface area (Å²) >= 11 is 0. The van der Waals surface area contributed by atoms with E-state index >= 15 is 0 Å². The van der Waals surface area contributed by atoms with E-state index in [0.29, 0.717) is 31.7 Å². The third-order valence-corrected chi connectivity index (χ3v) is 4.48. The van der Waals surface area contributed by atoms with Crippen LogP contribution in [0.3, 0.4) is 0 Å². The number of anilines is 2. The maximum atomic E-state index is 13.1. The van der Waals surface area contributed by atoms with Crippen LogP contribution in [0.15, 0.2) is 41.0 Å². The Morgan fingerprint density at radius 2 is 1.83 bits per heavy atom. The Morgan fingerprint density at radius 3 is 2.40 bits per heavy atom. The molecule has 2 rings (SSSR count).